The number of aliphatic hydroxyl groups excluding tert-OH is 1. The lowest BCUT2D eigenvalue weighted by Crippen LogP contribution is -2.43. The van der Waals surface area contributed by atoms with Gasteiger partial charge in [0.1, 0.15) is 11.9 Å². The zero-order chi connectivity index (χ0) is 38.7. The number of amides is 1. The van der Waals surface area contributed by atoms with E-state index < -0.39 is 5.79 Å². The summed E-state index contributed by atoms with van der Waals surface area (Å²) in [6, 6.07) is 50.2. The minimum Gasteiger partial charge on any atom is -0.507 e. The summed E-state index contributed by atoms with van der Waals surface area (Å²) >= 11 is 0. The number of phenols is 1. The molecular weight excluding hydrogens is 695 g/mol. The molecule has 7 rings (SSSR count). The molecule has 2 N–H and O–H groups in total. The Bertz CT molecular complexity index is 2140. The number of rotatable bonds is 19. The predicted molar refractivity (Wildman–Crippen MR) is 222 cm³/mol. The molecule has 0 spiro atoms. The van der Waals surface area contributed by atoms with E-state index in [0.717, 1.165) is 52.6 Å². The van der Waals surface area contributed by atoms with Gasteiger partial charge < -0.3 is 24.6 Å². The first kappa shape index (κ1) is 38.7. The van der Waals surface area contributed by atoms with Gasteiger partial charge in [-0.05, 0) is 65.1 Å². The molecule has 6 nitrogen and oxygen atoms in total. The van der Waals surface area contributed by atoms with Crippen molar-refractivity contribution in [2.24, 2.45) is 5.92 Å². The van der Waals surface area contributed by atoms with E-state index in [4.69, 9.17) is 9.47 Å². The number of anilines is 1. The molecule has 1 radical (unpaired) electrons. The Hall–Kier alpha value is -5.53. The second kappa shape index (κ2) is 18.4. The number of nitrogens with zero attached hydrogens (tertiary/aromatic N) is 1. The second-order valence-electron chi connectivity index (χ2n) is 14.6. The lowest BCUT2D eigenvalue weighted by atomic mass is 9.84. The van der Waals surface area contributed by atoms with Crippen LogP contribution in [0.2, 0.25) is 0 Å². The molecule has 1 atom stereocenters. The third kappa shape index (κ3) is 9.11. The fraction of sp³-hybridized carbons (Fsp3) is 0.240. The van der Waals surface area contributed by atoms with Gasteiger partial charge in [-0.1, -0.05) is 152 Å². The molecule has 1 fully saturated rings. The highest BCUT2D eigenvalue weighted by atomic mass is 16.7. The van der Waals surface area contributed by atoms with Crippen molar-refractivity contribution >= 4 is 12.1 Å². The quantitative estimate of drug-likeness (QED) is 0.0638. The van der Waals surface area contributed by atoms with Crippen LogP contribution in [0.1, 0.15) is 69.8 Å². The SMILES string of the molecule is CCOC(Cc1ccccc1)(O[C](Cc1ccccc1)c1c(O)c(Cc2ccccc2)c(CO)c(Cc2ccccc2)c1N(C=O)Cc1ccccc1)C1CC1. The van der Waals surface area contributed by atoms with Gasteiger partial charge in [0.2, 0.25) is 6.41 Å². The van der Waals surface area contributed by atoms with Gasteiger partial charge in [-0.3, -0.25) is 4.79 Å². The number of carbonyl (C=O) groups excluding carboxylic acids is 1. The van der Waals surface area contributed by atoms with Crippen molar-refractivity contribution < 1.29 is 24.5 Å². The summed E-state index contributed by atoms with van der Waals surface area (Å²) < 4.78 is 14.2. The van der Waals surface area contributed by atoms with Gasteiger partial charge in [-0.2, -0.15) is 0 Å². The molecule has 1 unspecified atom stereocenters. The molecule has 1 aliphatic rings. The maximum absolute atomic E-state index is 13.6. The monoisotopic (exact) mass is 744 g/mol. The van der Waals surface area contributed by atoms with E-state index in [0.29, 0.717) is 60.8 Å². The first-order valence-electron chi connectivity index (χ1n) is 19.6. The van der Waals surface area contributed by atoms with Crippen LogP contribution < -0.4 is 4.90 Å². The molecule has 0 aliphatic heterocycles. The van der Waals surface area contributed by atoms with Gasteiger partial charge in [-0.15, -0.1) is 0 Å². The highest BCUT2D eigenvalue weighted by molar-refractivity contribution is 5.85. The molecular formula is C50H50NO5. The Morgan fingerprint density at radius 3 is 1.64 bits per heavy atom. The summed E-state index contributed by atoms with van der Waals surface area (Å²) in [6.07, 6.45) is 4.82. The largest absolute Gasteiger partial charge is 0.507 e. The van der Waals surface area contributed by atoms with Crippen molar-refractivity contribution in [3.8, 4) is 5.75 Å². The zero-order valence-corrected chi connectivity index (χ0v) is 32.0. The van der Waals surface area contributed by atoms with Crippen molar-refractivity contribution in [1.29, 1.82) is 0 Å². The number of carbonyl (C=O) groups is 1. The number of benzene rings is 6. The van der Waals surface area contributed by atoms with E-state index in [1.54, 1.807) is 4.90 Å². The molecule has 1 amide bonds. The Labute approximate surface area is 331 Å². The molecule has 1 aliphatic carbocycles. The molecule has 6 aromatic carbocycles. The van der Waals surface area contributed by atoms with Crippen LogP contribution >= 0.6 is 0 Å². The number of aliphatic hydroxyl groups is 1. The van der Waals surface area contributed by atoms with Crippen molar-refractivity contribution in [2.45, 2.75) is 64.4 Å². The number of hydrogen-bond donors (Lipinski definition) is 2. The highest BCUT2D eigenvalue weighted by Crippen LogP contribution is 2.51. The maximum Gasteiger partial charge on any atom is 0.214 e. The number of ether oxygens (including phenoxy) is 2. The van der Waals surface area contributed by atoms with Crippen LogP contribution in [-0.4, -0.2) is 29.0 Å². The summed E-state index contributed by atoms with van der Waals surface area (Å²) in [5.41, 5.74) is 7.87. The summed E-state index contributed by atoms with van der Waals surface area (Å²) in [7, 11) is 0. The minimum atomic E-state index is -1.04. The number of hydrogen-bond acceptors (Lipinski definition) is 5. The zero-order valence-electron chi connectivity index (χ0n) is 32.0. The average Bonchev–Trinajstić information content (AvgIpc) is 4.10. The molecule has 1 saturated carbocycles. The normalized spacial score (nSPS) is 13.7. The van der Waals surface area contributed by atoms with Gasteiger partial charge in [0.25, 0.3) is 0 Å². The van der Waals surface area contributed by atoms with Gasteiger partial charge >= 0.3 is 0 Å². The minimum absolute atomic E-state index is 0.0172. The van der Waals surface area contributed by atoms with Crippen molar-refractivity contribution in [2.75, 3.05) is 11.5 Å². The van der Waals surface area contributed by atoms with Crippen LogP contribution in [0.5, 0.6) is 5.75 Å². The van der Waals surface area contributed by atoms with Crippen LogP contribution in [0.3, 0.4) is 0 Å². The van der Waals surface area contributed by atoms with Gasteiger partial charge in [0.05, 0.1) is 24.4 Å². The lowest BCUT2D eigenvalue weighted by Gasteiger charge is -2.39. The summed E-state index contributed by atoms with van der Waals surface area (Å²) in [5, 5.41) is 24.3. The molecule has 56 heavy (non-hydrogen) atoms. The summed E-state index contributed by atoms with van der Waals surface area (Å²) in [6.45, 7) is 2.32. The molecule has 285 valence electrons. The third-order valence-corrected chi connectivity index (χ3v) is 10.7. The van der Waals surface area contributed by atoms with E-state index in [9.17, 15) is 15.0 Å². The van der Waals surface area contributed by atoms with Crippen LogP contribution in [0, 0.1) is 12.0 Å². The molecule has 6 heteroatoms. The van der Waals surface area contributed by atoms with Crippen molar-refractivity contribution in [3.05, 3.63) is 208 Å². The Morgan fingerprint density at radius 2 is 1.16 bits per heavy atom. The van der Waals surface area contributed by atoms with Gasteiger partial charge in [0.15, 0.2) is 5.79 Å². The molecule has 6 aromatic rings. The highest BCUT2D eigenvalue weighted by Gasteiger charge is 2.50. The lowest BCUT2D eigenvalue weighted by molar-refractivity contribution is -0.240. The average molecular weight is 745 g/mol. The van der Waals surface area contributed by atoms with Gasteiger partial charge in [-0.25, -0.2) is 0 Å². The topological polar surface area (TPSA) is 79.2 Å². The van der Waals surface area contributed by atoms with Crippen LogP contribution in [-0.2, 0) is 53.1 Å². The van der Waals surface area contributed by atoms with Crippen molar-refractivity contribution in [3.63, 3.8) is 0 Å². The smallest absolute Gasteiger partial charge is 0.214 e. The third-order valence-electron chi connectivity index (χ3n) is 10.7. The summed E-state index contributed by atoms with van der Waals surface area (Å²) in [5.74, 6) is -0.934. The number of aromatic hydroxyl groups is 1. The molecule has 0 heterocycles. The van der Waals surface area contributed by atoms with E-state index in [1.807, 2.05) is 122 Å². The standard InChI is InChI=1S/C50H50NO5/c1-2-55-50(42-28-29-42,33-40-24-14-6-15-25-40)56-46(32-39-22-12-5-13-23-39)47-48(51(36-53)34-41-26-16-7-17-27-41)43(30-37-18-8-3-9-19-37)45(35-52)44(49(47)54)31-38-20-10-4-11-21-38/h3-27,36,42,52,54H,2,28-35H2,1H3. The fourth-order valence-corrected chi connectivity index (χ4v) is 7.86. The first-order valence-corrected chi connectivity index (χ1v) is 19.6. The molecule has 0 aromatic heterocycles. The van der Waals surface area contributed by atoms with Crippen LogP contribution in [0.25, 0.3) is 0 Å². The van der Waals surface area contributed by atoms with E-state index in [2.05, 4.69) is 36.4 Å². The maximum atomic E-state index is 13.6. The Morgan fingerprint density at radius 1 is 0.679 bits per heavy atom. The molecule has 0 bridgehead atoms. The predicted octanol–water partition coefficient (Wildman–Crippen LogP) is 9.75. The molecule has 0 saturated heterocycles. The van der Waals surface area contributed by atoms with Crippen LogP contribution in [0.15, 0.2) is 152 Å². The number of phenolic OH excluding ortho intramolecular Hbond substituents is 1. The Balaban J connectivity index is 1.52. The van der Waals surface area contributed by atoms with Crippen molar-refractivity contribution in [1.82, 2.24) is 0 Å². The van der Waals surface area contributed by atoms with Gasteiger partial charge in [0, 0.05) is 37.4 Å². The second-order valence-corrected chi connectivity index (χ2v) is 14.6. The summed E-state index contributed by atoms with van der Waals surface area (Å²) in [4.78, 5) is 15.3. The first-order chi connectivity index (χ1) is 27.5. The van der Waals surface area contributed by atoms with E-state index in [1.165, 1.54) is 0 Å². The van der Waals surface area contributed by atoms with Crippen LogP contribution in [0.4, 0.5) is 5.69 Å². The fourth-order valence-electron chi connectivity index (χ4n) is 7.86. The van der Waals surface area contributed by atoms with E-state index >= 15 is 0 Å². The van der Waals surface area contributed by atoms with E-state index in [-0.39, 0.29) is 24.8 Å². The Kier molecular flexibility index (Phi) is 12.7.